The van der Waals surface area contributed by atoms with E-state index >= 15 is 0 Å². The third-order valence-electron chi connectivity index (χ3n) is 3.79. The van der Waals surface area contributed by atoms with Gasteiger partial charge in [0.2, 0.25) is 5.91 Å². The number of nitrogens with zero attached hydrogens (tertiary/aromatic N) is 2. The second-order valence-corrected chi connectivity index (χ2v) is 5.80. The van der Waals surface area contributed by atoms with Gasteiger partial charge < -0.3 is 9.52 Å². The highest BCUT2D eigenvalue weighted by Gasteiger charge is 2.34. The highest BCUT2D eigenvalue weighted by atomic mass is 35.5. The van der Waals surface area contributed by atoms with Crippen LogP contribution in [0.4, 0.5) is 0 Å². The third-order valence-corrected chi connectivity index (χ3v) is 4.13. The first-order chi connectivity index (χ1) is 11.6. The van der Waals surface area contributed by atoms with E-state index in [1.807, 2.05) is 18.2 Å². The molecule has 0 radical (unpaired) electrons. The number of carboxylic acids is 1. The lowest BCUT2D eigenvalue weighted by atomic mass is 10.0. The maximum Gasteiger partial charge on any atom is 0.303 e. The number of rotatable bonds is 5. The van der Waals surface area contributed by atoms with Gasteiger partial charge in [0, 0.05) is 17.9 Å². The number of halogens is 1. The molecule has 2 heterocycles. The fraction of sp³-hybridized carbons (Fsp3) is 0.235. The van der Waals surface area contributed by atoms with Gasteiger partial charge in [-0.05, 0) is 23.8 Å². The summed E-state index contributed by atoms with van der Waals surface area (Å²) in [6.45, 7) is 0. The van der Waals surface area contributed by atoms with Gasteiger partial charge in [-0.3, -0.25) is 9.59 Å². The Hall–Kier alpha value is -2.60. The Morgan fingerprint density at radius 1 is 1.25 bits per heavy atom. The highest BCUT2D eigenvalue weighted by Crippen LogP contribution is 2.36. The van der Waals surface area contributed by atoms with E-state index in [1.54, 1.807) is 18.2 Å². The van der Waals surface area contributed by atoms with Crippen molar-refractivity contribution < 1.29 is 19.1 Å². The molecule has 0 spiro atoms. The van der Waals surface area contributed by atoms with Gasteiger partial charge in [0.25, 0.3) is 0 Å². The fourth-order valence-corrected chi connectivity index (χ4v) is 2.91. The normalized spacial score (nSPS) is 17.0. The van der Waals surface area contributed by atoms with Crippen molar-refractivity contribution in [3.05, 3.63) is 59.0 Å². The summed E-state index contributed by atoms with van der Waals surface area (Å²) in [5, 5.41) is 15.0. The maximum absolute atomic E-state index is 12.4. The van der Waals surface area contributed by atoms with Crippen molar-refractivity contribution in [3.63, 3.8) is 0 Å². The number of furan rings is 1. The third kappa shape index (κ3) is 3.33. The van der Waals surface area contributed by atoms with Crippen LogP contribution in [0.3, 0.4) is 0 Å². The predicted molar refractivity (Wildman–Crippen MR) is 87.8 cm³/mol. The van der Waals surface area contributed by atoms with Crippen molar-refractivity contribution in [2.75, 3.05) is 0 Å². The summed E-state index contributed by atoms with van der Waals surface area (Å²) in [6.07, 6.45) is 1.63. The van der Waals surface area contributed by atoms with Crippen LogP contribution in [-0.4, -0.2) is 27.7 Å². The SMILES string of the molecule is O=C(O)CCC(=O)N1N=C(c2ccco2)C[C@@H]1c1ccccc1Cl. The average molecular weight is 347 g/mol. The molecule has 0 aliphatic carbocycles. The van der Waals surface area contributed by atoms with Crippen molar-refractivity contribution >= 4 is 29.2 Å². The van der Waals surface area contributed by atoms with E-state index < -0.39 is 5.97 Å². The lowest BCUT2D eigenvalue weighted by molar-refractivity contribution is -0.141. The minimum Gasteiger partial charge on any atom is -0.481 e. The first-order valence-electron chi connectivity index (χ1n) is 7.46. The Kier molecular flexibility index (Phi) is 4.66. The zero-order valence-corrected chi connectivity index (χ0v) is 13.4. The smallest absolute Gasteiger partial charge is 0.303 e. The Morgan fingerprint density at radius 2 is 2.04 bits per heavy atom. The van der Waals surface area contributed by atoms with Crippen molar-refractivity contribution in [2.24, 2.45) is 5.10 Å². The topological polar surface area (TPSA) is 83.1 Å². The van der Waals surface area contributed by atoms with Gasteiger partial charge in [-0.15, -0.1) is 0 Å². The quantitative estimate of drug-likeness (QED) is 0.898. The highest BCUT2D eigenvalue weighted by molar-refractivity contribution is 6.31. The molecule has 0 saturated carbocycles. The second kappa shape index (κ2) is 6.88. The molecule has 2 aromatic rings. The zero-order valence-electron chi connectivity index (χ0n) is 12.7. The van der Waals surface area contributed by atoms with E-state index in [9.17, 15) is 9.59 Å². The standard InChI is InChI=1S/C17H15ClN2O4/c18-12-5-2-1-4-11(12)14-10-13(15-6-3-9-24-15)19-20(14)16(21)7-8-17(22)23/h1-6,9,14H,7-8,10H2,(H,22,23)/t14-/m1/s1. The molecule has 1 amide bonds. The van der Waals surface area contributed by atoms with Gasteiger partial charge in [-0.25, -0.2) is 5.01 Å². The second-order valence-electron chi connectivity index (χ2n) is 5.40. The van der Waals surface area contributed by atoms with Crippen molar-refractivity contribution in [1.29, 1.82) is 0 Å². The number of benzene rings is 1. The average Bonchev–Trinajstić information content (AvgIpc) is 3.22. The molecule has 6 nitrogen and oxygen atoms in total. The number of hydrogen-bond acceptors (Lipinski definition) is 4. The van der Waals surface area contributed by atoms with Crippen LogP contribution >= 0.6 is 11.6 Å². The van der Waals surface area contributed by atoms with Gasteiger partial charge in [-0.2, -0.15) is 5.10 Å². The number of carbonyl (C=O) groups is 2. The minimum atomic E-state index is -1.02. The Labute approximate surface area is 143 Å². The van der Waals surface area contributed by atoms with Crippen LogP contribution < -0.4 is 0 Å². The summed E-state index contributed by atoms with van der Waals surface area (Å²) in [6, 6.07) is 10.4. The van der Waals surface area contributed by atoms with E-state index in [2.05, 4.69) is 5.10 Å². The Morgan fingerprint density at radius 3 is 2.71 bits per heavy atom. The van der Waals surface area contributed by atoms with Crippen molar-refractivity contribution in [3.8, 4) is 0 Å². The van der Waals surface area contributed by atoms with Crippen molar-refractivity contribution in [2.45, 2.75) is 25.3 Å². The molecule has 7 heteroatoms. The first kappa shape index (κ1) is 16.3. The molecule has 1 N–H and O–H groups in total. The molecule has 0 bridgehead atoms. The molecule has 1 aromatic heterocycles. The molecule has 0 saturated heterocycles. The Bertz CT molecular complexity index is 786. The minimum absolute atomic E-state index is 0.120. The van der Waals surface area contributed by atoms with Crippen LogP contribution in [0.15, 0.2) is 52.2 Å². The number of carboxylic acid groups (broad SMARTS) is 1. The lowest BCUT2D eigenvalue weighted by Crippen LogP contribution is -2.27. The van der Waals surface area contributed by atoms with Crippen LogP contribution in [0.2, 0.25) is 5.02 Å². The molecular formula is C17H15ClN2O4. The Balaban J connectivity index is 1.91. The zero-order chi connectivity index (χ0) is 17.1. The monoisotopic (exact) mass is 346 g/mol. The summed E-state index contributed by atoms with van der Waals surface area (Å²) >= 11 is 6.27. The van der Waals surface area contributed by atoms with E-state index in [0.29, 0.717) is 22.9 Å². The number of aliphatic carboxylic acids is 1. The number of amides is 1. The van der Waals surface area contributed by atoms with E-state index in [-0.39, 0.29) is 24.8 Å². The molecular weight excluding hydrogens is 332 g/mol. The van der Waals surface area contributed by atoms with Gasteiger partial charge in [0.15, 0.2) is 0 Å². The lowest BCUT2D eigenvalue weighted by Gasteiger charge is -2.22. The first-order valence-corrected chi connectivity index (χ1v) is 7.83. The maximum atomic E-state index is 12.4. The van der Waals surface area contributed by atoms with Gasteiger partial charge in [0.05, 0.1) is 18.7 Å². The molecule has 3 rings (SSSR count). The molecule has 1 aliphatic heterocycles. The fourth-order valence-electron chi connectivity index (χ4n) is 2.65. The van der Waals surface area contributed by atoms with Crippen molar-refractivity contribution in [1.82, 2.24) is 5.01 Å². The summed E-state index contributed by atoms with van der Waals surface area (Å²) in [7, 11) is 0. The summed E-state index contributed by atoms with van der Waals surface area (Å²) < 4.78 is 5.36. The van der Waals surface area contributed by atoms with Crippen LogP contribution in [0.1, 0.15) is 36.6 Å². The van der Waals surface area contributed by atoms with E-state index in [0.717, 1.165) is 5.56 Å². The number of carbonyl (C=O) groups excluding carboxylic acids is 1. The molecule has 0 unspecified atom stereocenters. The van der Waals surface area contributed by atoms with Crippen LogP contribution in [0.5, 0.6) is 0 Å². The van der Waals surface area contributed by atoms with E-state index in [1.165, 1.54) is 11.3 Å². The summed E-state index contributed by atoms with van der Waals surface area (Å²) in [4.78, 5) is 23.2. The van der Waals surface area contributed by atoms with E-state index in [4.69, 9.17) is 21.1 Å². The van der Waals surface area contributed by atoms with Crippen LogP contribution in [0, 0.1) is 0 Å². The molecule has 0 fully saturated rings. The predicted octanol–water partition coefficient (Wildman–Crippen LogP) is 3.48. The summed E-state index contributed by atoms with van der Waals surface area (Å²) in [5.41, 5.74) is 1.40. The molecule has 1 aromatic carbocycles. The van der Waals surface area contributed by atoms with Gasteiger partial charge >= 0.3 is 5.97 Å². The molecule has 24 heavy (non-hydrogen) atoms. The van der Waals surface area contributed by atoms with Gasteiger partial charge in [0.1, 0.15) is 11.5 Å². The number of hydrogen-bond donors (Lipinski definition) is 1. The largest absolute Gasteiger partial charge is 0.481 e. The summed E-state index contributed by atoms with van der Waals surface area (Å²) in [5.74, 6) is -0.795. The van der Waals surface area contributed by atoms with Crippen LogP contribution in [-0.2, 0) is 9.59 Å². The molecule has 124 valence electrons. The molecule has 1 aliphatic rings. The number of hydrazone groups is 1. The van der Waals surface area contributed by atoms with Gasteiger partial charge in [-0.1, -0.05) is 29.8 Å². The van der Waals surface area contributed by atoms with Crippen LogP contribution in [0.25, 0.3) is 0 Å². The molecule has 1 atom stereocenters.